The number of likely N-dealkylation sites (tertiary alicyclic amines) is 1. The van der Waals surface area contributed by atoms with Crippen LogP contribution in [0.2, 0.25) is 0 Å². The number of aromatic nitrogens is 2. The number of hydrogen-bond donors (Lipinski definition) is 2. The van der Waals surface area contributed by atoms with Gasteiger partial charge >= 0.3 is 0 Å². The van der Waals surface area contributed by atoms with Crippen molar-refractivity contribution in [3.05, 3.63) is 95.3 Å². The van der Waals surface area contributed by atoms with Crippen molar-refractivity contribution < 1.29 is 13.2 Å². The Morgan fingerprint density at radius 2 is 1.86 bits per heavy atom. The van der Waals surface area contributed by atoms with E-state index in [1.54, 1.807) is 24.0 Å². The quantitative estimate of drug-likeness (QED) is 0.421. The number of aryl methyl sites for hydroxylation is 1. The van der Waals surface area contributed by atoms with Gasteiger partial charge in [-0.25, -0.2) is 18.1 Å². The second kappa shape index (κ2) is 9.64. The first-order valence-electron chi connectivity index (χ1n) is 11.8. The number of H-pyrrole nitrogens is 1. The van der Waals surface area contributed by atoms with Crippen molar-refractivity contribution in [1.82, 2.24) is 19.6 Å². The molecule has 1 fully saturated rings. The number of carbonyl (C=O) groups is 1. The van der Waals surface area contributed by atoms with Crippen LogP contribution in [-0.4, -0.2) is 42.3 Å². The average molecular weight is 489 g/mol. The molecule has 1 aliphatic heterocycles. The third kappa shape index (κ3) is 4.99. The number of rotatable bonds is 6. The highest BCUT2D eigenvalue weighted by molar-refractivity contribution is 7.89. The molecule has 0 saturated carbocycles. The highest BCUT2D eigenvalue weighted by Crippen LogP contribution is 2.28. The molecule has 1 aliphatic rings. The van der Waals surface area contributed by atoms with Crippen LogP contribution in [0.25, 0.3) is 11.0 Å². The van der Waals surface area contributed by atoms with Gasteiger partial charge in [0.05, 0.1) is 15.9 Å². The minimum absolute atomic E-state index is 0.112. The Kier molecular flexibility index (Phi) is 6.40. The molecule has 8 heteroatoms. The molecule has 35 heavy (non-hydrogen) atoms. The summed E-state index contributed by atoms with van der Waals surface area (Å²) in [4.78, 5) is 23.5. The van der Waals surface area contributed by atoms with Gasteiger partial charge in [-0.3, -0.25) is 4.79 Å². The molecule has 180 valence electrons. The normalized spacial score (nSPS) is 16.5. The zero-order chi connectivity index (χ0) is 24.4. The molecular formula is C27H28N4O3S. The van der Waals surface area contributed by atoms with E-state index in [4.69, 9.17) is 4.98 Å². The molecule has 1 aromatic heterocycles. The van der Waals surface area contributed by atoms with Crippen LogP contribution in [-0.2, 0) is 16.6 Å². The fraction of sp³-hybridized carbons (Fsp3) is 0.259. The highest BCUT2D eigenvalue weighted by atomic mass is 32.2. The predicted octanol–water partition coefficient (Wildman–Crippen LogP) is 4.37. The monoisotopic (exact) mass is 488 g/mol. The van der Waals surface area contributed by atoms with E-state index in [0.29, 0.717) is 24.2 Å². The van der Waals surface area contributed by atoms with Gasteiger partial charge in [0.2, 0.25) is 10.0 Å². The van der Waals surface area contributed by atoms with Gasteiger partial charge in [-0.05, 0) is 55.2 Å². The molecule has 1 amide bonds. The number of imidazole rings is 1. The summed E-state index contributed by atoms with van der Waals surface area (Å²) >= 11 is 0. The third-order valence-electron chi connectivity index (χ3n) is 6.54. The van der Waals surface area contributed by atoms with Gasteiger partial charge < -0.3 is 9.88 Å². The van der Waals surface area contributed by atoms with Crippen LogP contribution < -0.4 is 4.72 Å². The van der Waals surface area contributed by atoms with Gasteiger partial charge in [0.25, 0.3) is 5.91 Å². The van der Waals surface area contributed by atoms with E-state index in [-0.39, 0.29) is 23.3 Å². The molecule has 5 rings (SSSR count). The summed E-state index contributed by atoms with van der Waals surface area (Å²) in [5, 5.41) is 0. The van der Waals surface area contributed by atoms with Gasteiger partial charge in [-0.15, -0.1) is 0 Å². The SMILES string of the molecule is Cc1ccc(C(=O)N2CCCC(c3nc4ccccc4[nH]3)C2)cc1S(=O)(=O)NCc1ccccc1. The summed E-state index contributed by atoms with van der Waals surface area (Å²) in [6.07, 6.45) is 1.81. The fourth-order valence-corrected chi connectivity index (χ4v) is 5.89. The van der Waals surface area contributed by atoms with E-state index in [2.05, 4.69) is 9.71 Å². The van der Waals surface area contributed by atoms with E-state index < -0.39 is 10.0 Å². The van der Waals surface area contributed by atoms with E-state index >= 15 is 0 Å². The van der Waals surface area contributed by atoms with Crippen LogP contribution >= 0.6 is 0 Å². The number of nitrogens with zero attached hydrogens (tertiary/aromatic N) is 2. The summed E-state index contributed by atoms with van der Waals surface area (Å²) < 4.78 is 28.8. The fourth-order valence-electron chi connectivity index (χ4n) is 4.61. The number of piperidine rings is 1. The molecule has 4 aromatic rings. The number of benzene rings is 3. The Morgan fingerprint density at radius 1 is 1.09 bits per heavy atom. The maximum absolute atomic E-state index is 13.4. The van der Waals surface area contributed by atoms with Gasteiger partial charge in [-0.1, -0.05) is 48.5 Å². The van der Waals surface area contributed by atoms with Gasteiger partial charge in [0.1, 0.15) is 5.82 Å². The molecule has 3 aromatic carbocycles. The second-order valence-corrected chi connectivity index (χ2v) is 10.8. The molecule has 0 radical (unpaired) electrons. The number of nitrogens with one attached hydrogen (secondary N) is 2. The van der Waals surface area contributed by atoms with E-state index in [9.17, 15) is 13.2 Å². The number of hydrogen-bond acceptors (Lipinski definition) is 4. The number of sulfonamides is 1. The Bertz CT molecular complexity index is 1430. The van der Waals surface area contributed by atoms with Crippen LogP contribution in [0.1, 0.15) is 46.1 Å². The minimum atomic E-state index is -3.78. The summed E-state index contributed by atoms with van der Waals surface area (Å²) in [5.74, 6) is 0.840. The number of aromatic amines is 1. The lowest BCUT2D eigenvalue weighted by Gasteiger charge is -2.32. The lowest BCUT2D eigenvalue weighted by Crippen LogP contribution is -2.39. The molecule has 1 saturated heterocycles. The van der Waals surface area contributed by atoms with Crippen molar-refractivity contribution in [1.29, 1.82) is 0 Å². The van der Waals surface area contributed by atoms with Crippen molar-refractivity contribution in [2.75, 3.05) is 13.1 Å². The van der Waals surface area contributed by atoms with Gasteiger partial charge in [-0.2, -0.15) is 0 Å². The summed E-state index contributed by atoms with van der Waals surface area (Å²) in [6.45, 7) is 3.11. The van der Waals surface area contributed by atoms with Crippen LogP contribution in [0.3, 0.4) is 0 Å². The third-order valence-corrected chi connectivity index (χ3v) is 8.08. The summed E-state index contributed by atoms with van der Waals surface area (Å²) in [6, 6.07) is 22.2. The zero-order valence-electron chi connectivity index (χ0n) is 19.6. The molecule has 1 unspecified atom stereocenters. The second-order valence-electron chi connectivity index (χ2n) is 9.02. The first kappa shape index (κ1) is 23.3. The van der Waals surface area contributed by atoms with Crippen LogP contribution in [0.4, 0.5) is 0 Å². The first-order chi connectivity index (χ1) is 16.9. The maximum Gasteiger partial charge on any atom is 0.253 e. The molecule has 0 aliphatic carbocycles. The smallest absolute Gasteiger partial charge is 0.253 e. The van der Waals surface area contributed by atoms with E-state index in [0.717, 1.165) is 35.3 Å². The van der Waals surface area contributed by atoms with Crippen molar-refractivity contribution in [2.24, 2.45) is 0 Å². The van der Waals surface area contributed by atoms with Crippen LogP contribution in [0.5, 0.6) is 0 Å². The minimum Gasteiger partial charge on any atom is -0.342 e. The molecule has 0 bridgehead atoms. The number of fused-ring (bicyclic) bond motifs is 1. The van der Waals surface area contributed by atoms with E-state index in [1.165, 1.54) is 6.07 Å². The zero-order valence-corrected chi connectivity index (χ0v) is 20.4. The molecule has 2 heterocycles. The highest BCUT2D eigenvalue weighted by Gasteiger charge is 2.28. The number of para-hydroxylation sites is 2. The Morgan fingerprint density at radius 3 is 2.66 bits per heavy atom. The summed E-state index contributed by atoms with van der Waals surface area (Å²) in [7, 11) is -3.78. The maximum atomic E-state index is 13.4. The molecule has 0 spiro atoms. The predicted molar refractivity (Wildman–Crippen MR) is 136 cm³/mol. The number of carbonyl (C=O) groups excluding carboxylic acids is 1. The van der Waals surface area contributed by atoms with Gasteiger partial charge in [0, 0.05) is 31.1 Å². The average Bonchev–Trinajstić information content (AvgIpc) is 3.33. The first-order valence-corrected chi connectivity index (χ1v) is 13.3. The molecule has 7 nitrogen and oxygen atoms in total. The Hall–Kier alpha value is -3.49. The largest absolute Gasteiger partial charge is 0.342 e. The van der Waals surface area contributed by atoms with Gasteiger partial charge in [0.15, 0.2) is 0 Å². The van der Waals surface area contributed by atoms with Crippen LogP contribution in [0, 0.1) is 6.92 Å². The molecule has 2 N–H and O–H groups in total. The van der Waals surface area contributed by atoms with Crippen molar-refractivity contribution in [3.8, 4) is 0 Å². The lowest BCUT2D eigenvalue weighted by molar-refractivity contribution is 0.0704. The van der Waals surface area contributed by atoms with E-state index in [1.807, 2.05) is 54.6 Å². The van der Waals surface area contributed by atoms with Crippen molar-refractivity contribution in [2.45, 2.75) is 37.1 Å². The number of amides is 1. The van der Waals surface area contributed by atoms with Crippen LogP contribution in [0.15, 0.2) is 77.7 Å². The Labute approximate surface area is 205 Å². The lowest BCUT2D eigenvalue weighted by atomic mass is 9.96. The molecule has 1 atom stereocenters. The summed E-state index contributed by atoms with van der Waals surface area (Å²) in [5.41, 5.74) is 3.75. The standard InChI is InChI=1S/C27H28N4O3S/c1-19-13-14-21(16-25(19)35(33,34)28-17-20-8-3-2-4-9-20)27(32)31-15-7-10-22(18-31)26-29-23-11-5-6-12-24(23)30-26/h2-6,8-9,11-14,16,22,28H,7,10,15,17-18H2,1H3,(H,29,30). The van der Waals surface area contributed by atoms with Crippen molar-refractivity contribution >= 4 is 27.0 Å². The van der Waals surface area contributed by atoms with Crippen molar-refractivity contribution in [3.63, 3.8) is 0 Å². The topological polar surface area (TPSA) is 95.2 Å². The Balaban J connectivity index is 1.34. The molecular weight excluding hydrogens is 460 g/mol.